The fraction of sp³-hybridized carbons (Fsp3) is 0.364. The van der Waals surface area contributed by atoms with Crippen molar-refractivity contribution in [1.82, 2.24) is 0 Å². The third-order valence-electron chi connectivity index (χ3n) is 4.60. The van der Waals surface area contributed by atoms with E-state index in [1.165, 1.54) is 0 Å². The van der Waals surface area contributed by atoms with Crippen LogP contribution in [0.4, 0.5) is 11.4 Å². The highest BCUT2D eigenvalue weighted by molar-refractivity contribution is 5.99. The Hall–Kier alpha value is -2.82. The van der Waals surface area contributed by atoms with Gasteiger partial charge in [-0.1, -0.05) is 39.0 Å². The van der Waals surface area contributed by atoms with Gasteiger partial charge in [0.2, 0.25) is 5.91 Å². The molecule has 0 aliphatic carbocycles. The molecule has 1 heterocycles. The van der Waals surface area contributed by atoms with E-state index in [9.17, 15) is 9.59 Å². The zero-order valence-electron chi connectivity index (χ0n) is 16.3. The van der Waals surface area contributed by atoms with Crippen molar-refractivity contribution in [3.63, 3.8) is 0 Å². The Balaban J connectivity index is 1.63. The number of fused-ring (bicyclic) bond motifs is 1. The van der Waals surface area contributed by atoms with E-state index in [1.54, 1.807) is 0 Å². The van der Waals surface area contributed by atoms with Gasteiger partial charge in [0.25, 0.3) is 5.91 Å². The molecule has 0 bridgehead atoms. The van der Waals surface area contributed by atoms with Crippen molar-refractivity contribution >= 4 is 23.2 Å². The number of ether oxygens (including phenoxy) is 1. The van der Waals surface area contributed by atoms with Gasteiger partial charge in [-0.25, -0.2) is 0 Å². The molecule has 5 nitrogen and oxygen atoms in total. The number of hydrogen-bond donors (Lipinski definition) is 1. The van der Waals surface area contributed by atoms with Crippen molar-refractivity contribution in [1.29, 1.82) is 0 Å². The molecule has 5 heteroatoms. The van der Waals surface area contributed by atoms with E-state index >= 15 is 0 Å². The molecule has 2 amide bonds. The second-order valence-electron chi connectivity index (χ2n) is 7.90. The Morgan fingerprint density at radius 1 is 1.15 bits per heavy atom. The smallest absolute Gasteiger partial charge is 0.262 e. The fourth-order valence-corrected chi connectivity index (χ4v) is 3.15. The summed E-state index contributed by atoms with van der Waals surface area (Å²) in [7, 11) is 0. The maximum Gasteiger partial charge on any atom is 0.262 e. The molecule has 0 fully saturated rings. The first kappa shape index (κ1) is 19.0. The average Bonchev–Trinajstić information content (AvgIpc) is 3.02. The number of hydrogen-bond acceptors (Lipinski definition) is 3. The van der Waals surface area contributed by atoms with Gasteiger partial charge in [-0.15, -0.1) is 0 Å². The number of nitrogens with zero attached hydrogens (tertiary/aromatic N) is 1. The predicted octanol–water partition coefficient (Wildman–Crippen LogP) is 3.95. The van der Waals surface area contributed by atoms with Crippen LogP contribution in [0.2, 0.25) is 0 Å². The van der Waals surface area contributed by atoms with Gasteiger partial charge >= 0.3 is 0 Å². The summed E-state index contributed by atoms with van der Waals surface area (Å²) in [5.74, 6) is 0.612. The maximum absolute atomic E-state index is 12.6. The number of nitrogens with one attached hydrogen (secondary N) is 1. The molecule has 0 spiro atoms. The normalized spacial score (nSPS) is 13.3. The summed E-state index contributed by atoms with van der Waals surface area (Å²) in [6.07, 6.45) is 0.792. The van der Waals surface area contributed by atoms with Crippen molar-refractivity contribution < 1.29 is 14.3 Å². The molecule has 0 saturated heterocycles. The molecule has 2 aromatic rings. The van der Waals surface area contributed by atoms with E-state index < -0.39 is 5.41 Å². The van der Waals surface area contributed by atoms with Gasteiger partial charge in [-0.2, -0.15) is 0 Å². The van der Waals surface area contributed by atoms with E-state index in [4.69, 9.17) is 4.74 Å². The van der Waals surface area contributed by atoms with Crippen molar-refractivity contribution in [2.75, 3.05) is 23.4 Å². The van der Waals surface area contributed by atoms with Gasteiger partial charge in [-0.3, -0.25) is 9.59 Å². The monoisotopic (exact) mass is 366 g/mol. The molecular formula is C22H26N2O3. The Bertz CT molecular complexity index is 868. The number of para-hydroxylation sites is 1. The topological polar surface area (TPSA) is 58.6 Å². The summed E-state index contributed by atoms with van der Waals surface area (Å²) in [5.41, 5.74) is 3.31. The van der Waals surface area contributed by atoms with Crippen molar-refractivity contribution in [2.24, 2.45) is 5.41 Å². The van der Waals surface area contributed by atoms with Crippen molar-refractivity contribution in [3.8, 4) is 5.75 Å². The number of rotatable bonds is 4. The Morgan fingerprint density at radius 3 is 2.59 bits per heavy atom. The number of carbonyl (C=O) groups is 2. The van der Waals surface area contributed by atoms with E-state index in [0.29, 0.717) is 12.3 Å². The van der Waals surface area contributed by atoms with Crippen molar-refractivity contribution in [2.45, 2.75) is 34.1 Å². The summed E-state index contributed by atoms with van der Waals surface area (Å²) in [4.78, 5) is 26.6. The number of amides is 2. The number of anilines is 2. The van der Waals surface area contributed by atoms with Crippen LogP contribution in [0.3, 0.4) is 0 Å². The van der Waals surface area contributed by atoms with Gasteiger partial charge in [0, 0.05) is 23.3 Å². The summed E-state index contributed by atoms with van der Waals surface area (Å²) in [5, 5.41) is 2.87. The molecule has 2 aromatic carbocycles. The summed E-state index contributed by atoms with van der Waals surface area (Å²) in [6, 6.07) is 13.3. The molecule has 1 aliphatic rings. The minimum Gasteiger partial charge on any atom is -0.483 e. The molecule has 0 saturated carbocycles. The Morgan fingerprint density at radius 2 is 1.89 bits per heavy atom. The van der Waals surface area contributed by atoms with Crippen LogP contribution in [-0.2, 0) is 16.0 Å². The van der Waals surface area contributed by atoms with E-state index in [2.05, 4.69) is 5.32 Å². The van der Waals surface area contributed by atoms with Gasteiger partial charge in [0.1, 0.15) is 5.75 Å². The third kappa shape index (κ3) is 4.30. The minimum absolute atomic E-state index is 0.0451. The average molecular weight is 366 g/mol. The van der Waals surface area contributed by atoms with Crippen LogP contribution in [-0.4, -0.2) is 25.0 Å². The highest BCUT2D eigenvalue weighted by Crippen LogP contribution is 2.33. The van der Waals surface area contributed by atoms with Crippen molar-refractivity contribution in [3.05, 3.63) is 53.6 Å². The van der Waals surface area contributed by atoms with Crippen LogP contribution in [0.25, 0.3) is 0 Å². The second-order valence-corrected chi connectivity index (χ2v) is 7.90. The second kappa shape index (κ2) is 7.43. The van der Waals surface area contributed by atoms with Crippen LogP contribution in [0.5, 0.6) is 5.75 Å². The summed E-state index contributed by atoms with van der Waals surface area (Å²) >= 11 is 0. The van der Waals surface area contributed by atoms with Gasteiger partial charge in [0.15, 0.2) is 6.61 Å². The zero-order valence-corrected chi connectivity index (χ0v) is 16.3. The lowest BCUT2D eigenvalue weighted by Gasteiger charge is -2.26. The Kier molecular flexibility index (Phi) is 5.22. The first-order valence-electron chi connectivity index (χ1n) is 9.19. The van der Waals surface area contributed by atoms with Crippen LogP contribution in [0.15, 0.2) is 42.5 Å². The van der Waals surface area contributed by atoms with Crippen LogP contribution in [0, 0.1) is 12.3 Å². The lowest BCUT2D eigenvalue weighted by molar-refractivity contribution is -0.125. The summed E-state index contributed by atoms with van der Waals surface area (Å²) < 4.78 is 5.58. The summed E-state index contributed by atoms with van der Waals surface area (Å²) in [6.45, 7) is 8.36. The molecule has 27 heavy (non-hydrogen) atoms. The molecule has 3 rings (SSSR count). The van der Waals surface area contributed by atoms with Gasteiger partial charge in [0.05, 0.1) is 0 Å². The van der Waals surface area contributed by atoms with E-state index in [-0.39, 0.29) is 18.4 Å². The molecule has 0 aromatic heterocycles. The standard InChI is InChI=1S/C22H26N2O3/c1-15-7-5-6-8-19(15)27-14-20(25)23-17-9-10-18-16(13-17)11-12-24(18)21(26)22(2,3)4/h5-10,13H,11-12,14H2,1-4H3,(H,23,25). The molecule has 0 atom stereocenters. The van der Waals surface area contributed by atoms with Gasteiger partial charge < -0.3 is 15.0 Å². The van der Waals surface area contributed by atoms with Crippen LogP contribution < -0.4 is 15.0 Å². The molecule has 0 radical (unpaired) electrons. The number of carbonyl (C=O) groups excluding carboxylic acids is 2. The molecule has 142 valence electrons. The molecule has 1 N–H and O–H groups in total. The first-order chi connectivity index (χ1) is 12.8. The molecule has 1 aliphatic heterocycles. The van der Waals surface area contributed by atoms with E-state index in [0.717, 1.165) is 28.9 Å². The quantitative estimate of drug-likeness (QED) is 0.891. The van der Waals surface area contributed by atoms with Crippen LogP contribution >= 0.6 is 0 Å². The number of aryl methyl sites for hydroxylation is 1. The number of benzene rings is 2. The molecule has 0 unspecified atom stereocenters. The minimum atomic E-state index is -0.415. The largest absolute Gasteiger partial charge is 0.483 e. The molecular weight excluding hydrogens is 340 g/mol. The van der Waals surface area contributed by atoms with Crippen LogP contribution in [0.1, 0.15) is 31.9 Å². The third-order valence-corrected chi connectivity index (χ3v) is 4.60. The SMILES string of the molecule is Cc1ccccc1OCC(=O)Nc1ccc2c(c1)CCN2C(=O)C(C)(C)C. The fourth-order valence-electron chi connectivity index (χ4n) is 3.15. The lowest BCUT2D eigenvalue weighted by atomic mass is 9.94. The van der Waals surface area contributed by atoms with E-state index in [1.807, 2.05) is 75.1 Å². The zero-order chi connectivity index (χ0) is 19.6. The highest BCUT2D eigenvalue weighted by atomic mass is 16.5. The predicted molar refractivity (Wildman–Crippen MR) is 107 cm³/mol. The lowest BCUT2D eigenvalue weighted by Crippen LogP contribution is -2.38. The Labute approximate surface area is 160 Å². The highest BCUT2D eigenvalue weighted by Gasteiger charge is 2.32. The maximum atomic E-state index is 12.6. The van der Waals surface area contributed by atoms with Gasteiger partial charge in [-0.05, 0) is 48.7 Å². The first-order valence-corrected chi connectivity index (χ1v) is 9.19.